The molecular formula is C73H142O17P2. The van der Waals surface area contributed by atoms with E-state index in [-0.39, 0.29) is 25.7 Å². The van der Waals surface area contributed by atoms with Crippen molar-refractivity contribution in [2.45, 2.75) is 388 Å². The first kappa shape index (κ1) is 90.1. The number of rotatable bonds is 71. The highest BCUT2D eigenvalue weighted by atomic mass is 31.2. The quantitative estimate of drug-likeness (QED) is 0.0222. The molecule has 0 aliphatic rings. The van der Waals surface area contributed by atoms with Crippen molar-refractivity contribution in [1.82, 2.24) is 0 Å². The zero-order valence-corrected chi connectivity index (χ0v) is 61.8. The lowest BCUT2D eigenvalue weighted by Crippen LogP contribution is -2.30. The van der Waals surface area contributed by atoms with Crippen LogP contribution in [0.4, 0.5) is 0 Å². The summed E-state index contributed by atoms with van der Waals surface area (Å²) in [7, 11) is -9.91. The first-order valence-corrected chi connectivity index (χ1v) is 40.8. The highest BCUT2D eigenvalue weighted by molar-refractivity contribution is 7.47. The maximum Gasteiger partial charge on any atom is 0.472 e. The van der Waals surface area contributed by atoms with Crippen LogP contribution in [0, 0.1) is 17.8 Å². The Morgan fingerprint density at radius 3 is 0.739 bits per heavy atom. The van der Waals surface area contributed by atoms with Gasteiger partial charge in [0, 0.05) is 25.7 Å². The number of unbranched alkanes of at least 4 members (excludes halogenated alkanes) is 39. The fraction of sp³-hybridized carbons (Fsp3) is 0.945. The van der Waals surface area contributed by atoms with Crippen LogP contribution in [0.3, 0.4) is 0 Å². The second-order valence-electron chi connectivity index (χ2n) is 27.8. The number of aliphatic hydroxyl groups excluding tert-OH is 1. The summed E-state index contributed by atoms with van der Waals surface area (Å²) in [6.07, 6.45) is 48.7. The Morgan fingerprint density at radius 1 is 0.293 bits per heavy atom. The number of esters is 4. The van der Waals surface area contributed by atoms with Crippen LogP contribution in [0.1, 0.15) is 370 Å². The van der Waals surface area contributed by atoms with Crippen molar-refractivity contribution < 1.29 is 80.2 Å². The minimum atomic E-state index is -4.95. The molecule has 0 saturated heterocycles. The van der Waals surface area contributed by atoms with E-state index in [1.807, 2.05) is 0 Å². The van der Waals surface area contributed by atoms with Gasteiger partial charge in [0.25, 0.3) is 0 Å². The van der Waals surface area contributed by atoms with Crippen molar-refractivity contribution in [2.75, 3.05) is 39.6 Å². The van der Waals surface area contributed by atoms with Gasteiger partial charge in [-0.05, 0) is 43.4 Å². The molecule has 0 fully saturated rings. The molecular weight excluding hydrogens is 1210 g/mol. The Labute approximate surface area is 562 Å². The lowest BCUT2D eigenvalue weighted by molar-refractivity contribution is -0.161. The SMILES string of the molecule is CCCCCCCCCCCCCCCCCCCC(=O)O[C@H](COC(=O)CCCCCCCCCCCCC(C)C)COP(=O)(O)OC[C@@H](O)COP(=O)(O)OC[C@@H](COC(=O)CCCCCCCCCC(C)C)OC(=O)CCCCCCCCCCCC(C)C. The van der Waals surface area contributed by atoms with E-state index in [2.05, 4.69) is 48.5 Å². The lowest BCUT2D eigenvalue weighted by atomic mass is 10.0. The van der Waals surface area contributed by atoms with Crippen molar-refractivity contribution in [3.05, 3.63) is 0 Å². The van der Waals surface area contributed by atoms with Crippen LogP contribution in [0.15, 0.2) is 0 Å². The van der Waals surface area contributed by atoms with Gasteiger partial charge in [-0.15, -0.1) is 0 Å². The molecule has 0 rings (SSSR count). The van der Waals surface area contributed by atoms with Crippen molar-refractivity contribution in [3.63, 3.8) is 0 Å². The number of hydrogen-bond donors (Lipinski definition) is 3. The van der Waals surface area contributed by atoms with E-state index in [0.29, 0.717) is 31.6 Å². The third kappa shape index (κ3) is 66.7. The third-order valence-electron chi connectivity index (χ3n) is 16.9. The second kappa shape index (κ2) is 63.8. The summed E-state index contributed by atoms with van der Waals surface area (Å²) in [4.78, 5) is 72.7. The molecule has 17 nitrogen and oxygen atoms in total. The standard InChI is InChI=1S/C73H142O17P2/c1-8-9-10-11-12-13-14-15-16-17-18-19-20-27-34-42-49-56-72(77)89-68(60-83-70(75)54-47-40-33-26-22-21-24-30-37-44-51-64(2)3)62-87-91(79,80)85-58-67(74)59-86-92(81,82)88-63-69(61-84-71(76)55-48-41-36-29-32-39-46-53-66(6)7)90-73(78)57-50-43-35-28-23-25-31-38-45-52-65(4)5/h64-69,74H,8-63H2,1-7H3,(H,79,80)(H,81,82)/t67-,68-,69-/m1/s1. The average Bonchev–Trinajstić information content (AvgIpc) is 2.52. The van der Waals surface area contributed by atoms with Gasteiger partial charge in [-0.2, -0.15) is 0 Å². The van der Waals surface area contributed by atoms with Gasteiger partial charge in [-0.25, -0.2) is 9.13 Å². The molecule has 0 spiro atoms. The molecule has 2 unspecified atom stereocenters. The van der Waals surface area contributed by atoms with Crippen LogP contribution in [0.2, 0.25) is 0 Å². The van der Waals surface area contributed by atoms with Gasteiger partial charge in [0.2, 0.25) is 0 Å². The van der Waals surface area contributed by atoms with Crippen LogP contribution in [-0.4, -0.2) is 96.7 Å². The zero-order valence-electron chi connectivity index (χ0n) is 60.0. The first-order valence-electron chi connectivity index (χ1n) is 37.8. The Balaban J connectivity index is 5.25. The number of ether oxygens (including phenoxy) is 4. The van der Waals surface area contributed by atoms with Crippen LogP contribution in [0.5, 0.6) is 0 Å². The maximum atomic E-state index is 13.1. The van der Waals surface area contributed by atoms with E-state index in [4.69, 9.17) is 37.0 Å². The monoisotopic (exact) mass is 1350 g/mol. The van der Waals surface area contributed by atoms with Gasteiger partial charge in [0.05, 0.1) is 26.4 Å². The van der Waals surface area contributed by atoms with Crippen molar-refractivity contribution >= 4 is 39.5 Å². The molecule has 546 valence electrons. The number of phosphoric acid groups is 2. The summed E-state index contributed by atoms with van der Waals surface area (Å²) in [6.45, 7) is 11.8. The molecule has 0 aromatic heterocycles. The molecule has 19 heteroatoms. The molecule has 0 bridgehead atoms. The molecule has 0 saturated carbocycles. The van der Waals surface area contributed by atoms with Gasteiger partial charge < -0.3 is 33.8 Å². The van der Waals surface area contributed by atoms with Crippen LogP contribution in [-0.2, 0) is 65.4 Å². The Morgan fingerprint density at radius 2 is 0.500 bits per heavy atom. The predicted octanol–water partition coefficient (Wildman–Crippen LogP) is 21.0. The molecule has 92 heavy (non-hydrogen) atoms. The van der Waals surface area contributed by atoms with Gasteiger partial charge in [-0.3, -0.25) is 37.3 Å². The minimum Gasteiger partial charge on any atom is -0.462 e. The highest BCUT2D eigenvalue weighted by Crippen LogP contribution is 2.45. The molecule has 0 amide bonds. The van der Waals surface area contributed by atoms with Crippen LogP contribution >= 0.6 is 15.6 Å². The van der Waals surface area contributed by atoms with Crippen molar-refractivity contribution in [3.8, 4) is 0 Å². The fourth-order valence-corrected chi connectivity index (χ4v) is 12.7. The summed E-state index contributed by atoms with van der Waals surface area (Å²) < 4.78 is 68.4. The topological polar surface area (TPSA) is 237 Å². The fourth-order valence-electron chi connectivity index (χ4n) is 11.1. The second-order valence-corrected chi connectivity index (χ2v) is 30.7. The smallest absolute Gasteiger partial charge is 0.462 e. The summed E-state index contributed by atoms with van der Waals surface area (Å²) in [6, 6.07) is 0. The number of hydrogen-bond acceptors (Lipinski definition) is 15. The molecule has 0 aliphatic carbocycles. The van der Waals surface area contributed by atoms with E-state index >= 15 is 0 Å². The van der Waals surface area contributed by atoms with Crippen molar-refractivity contribution in [1.29, 1.82) is 0 Å². The molecule has 3 N–H and O–H groups in total. The molecule has 0 aliphatic heterocycles. The largest absolute Gasteiger partial charge is 0.472 e. The summed E-state index contributed by atoms with van der Waals surface area (Å²) in [5, 5.41) is 10.6. The van der Waals surface area contributed by atoms with Gasteiger partial charge in [0.15, 0.2) is 12.2 Å². The molecule has 0 aromatic rings. The lowest BCUT2D eigenvalue weighted by Gasteiger charge is -2.21. The summed E-state index contributed by atoms with van der Waals surface area (Å²) >= 11 is 0. The van der Waals surface area contributed by atoms with Gasteiger partial charge in [0.1, 0.15) is 19.3 Å². The number of aliphatic hydroxyl groups is 1. The Kier molecular flexibility index (Phi) is 62.4. The number of phosphoric ester groups is 2. The molecule has 0 heterocycles. The maximum absolute atomic E-state index is 13.1. The van der Waals surface area contributed by atoms with E-state index in [9.17, 15) is 43.2 Å². The normalized spacial score (nSPS) is 14.1. The molecule has 0 aromatic carbocycles. The van der Waals surface area contributed by atoms with Gasteiger partial charge >= 0.3 is 39.5 Å². The van der Waals surface area contributed by atoms with Crippen LogP contribution in [0.25, 0.3) is 0 Å². The summed E-state index contributed by atoms with van der Waals surface area (Å²) in [5.74, 6) is 0.0769. The Bertz CT molecular complexity index is 1800. The van der Waals surface area contributed by atoms with E-state index in [1.165, 1.54) is 173 Å². The molecule has 0 radical (unpaired) electrons. The third-order valence-corrected chi connectivity index (χ3v) is 18.8. The summed E-state index contributed by atoms with van der Waals surface area (Å²) in [5.41, 5.74) is 0. The minimum absolute atomic E-state index is 0.104. The molecule has 5 atom stereocenters. The van der Waals surface area contributed by atoms with Crippen molar-refractivity contribution in [2.24, 2.45) is 17.8 Å². The van der Waals surface area contributed by atoms with E-state index in [1.54, 1.807) is 0 Å². The first-order chi connectivity index (χ1) is 44.2. The van der Waals surface area contributed by atoms with Crippen LogP contribution < -0.4 is 0 Å². The highest BCUT2D eigenvalue weighted by Gasteiger charge is 2.30. The number of carbonyl (C=O) groups excluding carboxylic acids is 4. The number of carbonyl (C=O) groups is 4. The van der Waals surface area contributed by atoms with E-state index in [0.717, 1.165) is 108 Å². The van der Waals surface area contributed by atoms with E-state index < -0.39 is 97.5 Å². The predicted molar refractivity (Wildman–Crippen MR) is 372 cm³/mol. The average molecular weight is 1350 g/mol. The zero-order chi connectivity index (χ0) is 68.0. The van der Waals surface area contributed by atoms with Gasteiger partial charge in [-0.1, -0.05) is 318 Å². The Hall–Kier alpha value is -1.94.